The predicted octanol–water partition coefficient (Wildman–Crippen LogP) is 5.34. The monoisotopic (exact) mass is 413 g/mol. The molecule has 1 atom stereocenters. The standard InChI is InChI=1S/C22H24FN3O4/c1-21(2,3)30-20(28)26-15(13-24)7-9-18(26)14-6-8-17-16(12-14)22(4,10-5-11-23)29-19(27)25-17/h6-9,12H,5,10-11H2,1-4H3,(H,25,27). The van der Waals surface area contributed by atoms with Gasteiger partial charge in [0, 0.05) is 5.56 Å². The number of fused-ring (bicyclic) bond motifs is 1. The summed E-state index contributed by atoms with van der Waals surface area (Å²) in [6, 6.07) is 10.4. The van der Waals surface area contributed by atoms with E-state index in [1.807, 2.05) is 6.07 Å². The van der Waals surface area contributed by atoms with Crippen molar-refractivity contribution in [2.75, 3.05) is 12.0 Å². The zero-order valence-corrected chi connectivity index (χ0v) is 17.4. The Morgan fingerprint density at radius 3 is 2.70 bits per heavy atom. The molecule has 30 heavy (non-hydrogen) atoms. The molecule has 0 saturated heterocycles. The van der Waals surface area contributed by atoms with Crippen LogP contribution in [0.15, 0.2) is 30.3 Å². The van der Waals surface area contributed by atoms with Gasteiger partial charge >= 0.3 is 12.2 Å². The lowest BCUT2D eigenvalue weighted by atomic mass is 9.87. The molecule has 0 bridgehead atoms. The van der Waals surface area contributed by atoms with Crippen LogP contribution in [0.2, 0.25) is 0 Å². The smallest absolute Gasteiger partial charge is 0.420 e. The quantitative estimate of drug-likeness (QED) is 0.730. The van der Waals surface area contributed by atoms with Crippen molar-refractivity contribution >= 4 is 17.9 Å². The van der Waals surface area contributed by atoms with Gasteiger partial charge in [0.05, 0.1) is 18.1 Å². The molecular formula is C22H24FN3O4. The fourth-order valence-corrected chi connectivity index (χ4v) is 3.49. The lowest BCUT2D eigenvalue weighted by Crippen LogP contribution is -2.37. The van der Waals surface area contributed by atoms with Crippen molar-refractivity contribution < 1.29 is 23.5 Å². The minimum Gasteiger partial charge on any atom is -0.443 e. The second kappa shape index (κ2) is 7.82. The molecule has 2 heterocycles. The zero-order valence-electron chi connectivity index (χ0n) is 17.4. The van der Waals surface area contributed by atoms with Crippen LogP contribution in [0.3, 0.4) is 0 Å². The molecule has 0 saturated carbocycles. The first kappa shape index (κ1) is 21.4. The molecule has 1 aromatic heterocycles. The second-order valence-electron chi connectivity index (χ2n) is 8.33. The molecule has 158 valence electrons. The number of nitriles is 1. The fourth-order valence-electron chi connectivity index (χ4n) is 3.49. The van der Waals surface area contributed by atoms with Crippen LogP contribution < -0.4 is 5.32 Å². The van der Waals surface area contributed by atoms with Gasteiger partial charge in [-0.25, -0.2) is 14.2 Å². The van der Waals surface area contributed by atoms with E-state index < -0.39 is 30.1 Å². The van der Waals surface area contributed by atoms with Gasteiger partial charge in [-0.15, -0.1) is 0 Å². The van der Waals surface area contributed by atoms with Gasteiger partial charge in [0.2, 0.25) is 0 Å². The topological polar surface area (TPSA) is 93.3 Å². The van der Waals surface area contributed by atoms with E-state index in [0.29, 0.717) is 28.9 Å². The number of halogens is 1. The second-order valence-corrected chi connectivity index (χ2v) is 8.33. The van der Waals surface area contributed by atoms with E-state index in [1.54, 1.807) is 58.0 Å². The molecule has 1 aliphatic rings. The number of carbonyl (C=O) groups excluding carboxylic acids is 2. The highest BCUT2D eigenvalue weighted by Crippen LogP contribution is 2.41. The van der Waals surface area contributed by atoms with Crippen LogP contribution in [-0.4, -0.2) is 29.0 Å². The summed E-state index contributed by atoms with van der Waals surface area (Å²) in [7, 11) is 0. The summed E-state index contributed by atoms with van der Waals surface area (Å²) < 4.78 is 25.0. The normalized spacial score (nSPS) is 18.1. The molecule has 1 aliphatic heterocycles. The Labute approximate surface area is 174 Å². The van der Waals surface area contributed by atoms with Crippen LogP contribution in [0.5, 0.6) is 0 Å². The van der Waals surface area contributed by atoms with Gasteiger partial charge in [0.1, 0.15) is 23.0 Å². The number of hydrogen-bond donors (Lipinski definition) is 1. The Morgan fingerprint density at radius 1 is 1.33 bits per heavy atom. The Bertz CT molecular complexity index is 1030. The highest BCUT2D eigenvalue weighted by atomic mass is 19.1. The van der Waals surface area contributed by atoms with E-state index in [1.165, 1.54) is 4.57 Å². The number of nitrogens with one attached hydrogen (secondary N) is 1. The Kier molecular flexibility index (Phi) is 5.57. The number of anilines is 1. The molecule has 2 aromatic rings. The molecule has 0 spiro atoms. The zero-order chi connectivity index (χ0) is 22.1. The van der Waals surface area contributed by atoms with Crippen molar-refractivity contribution in [2.45, 2.75) is 51.7 Å². The summed E-state index contributed by atoms with van der Waals surface area (Å²) in [5.41, 5.74) is 0.726. The van der Waals surface area contributed by atoms with Gasteiger partial charge in [0.15, 0.2) is 0 Å². The van der Waals surface area contributed by atoms with E-state index >= 15 is 0 Å². The molecule has 1 amide bonds. The van der Waals surface area contributed by atoms with Crippen molar-refractivity contribution in [3.05, 3.63) is 41.6 Å². The molecule has 8 heteroatoms. The molecule has 0 radical (unpaired) electrons. The largest absolute Gasteiger partial charge is 0.443 e. The van der Waals surface area contributed by atoms with Gasteiger partial charge < -0.3 is 9.47 Å². The van der Waals surface area contributed by atoms with Crippen molar-refractivity contribution in [2.24, 2.45) is 0 Å². The summed E-state index contributed by atoms with van der Waals surface area (Å²) in [6.45, 7) is 6.44. The maximum Gasteiger partial charge on any atom is 0.420 e. The average Bonchev–Trinajstić information content (AvgIpc) is 3.09. The summed E-state index contributed by atoms with van der Waals surface area (Å²) in [5.74, 6) is 0. The van der Waals surface area contributed by atoms with Crippen molar-refractivity contribution in [3.63, 3.8) is 0 Å². The summed E-state index contributed by atoms with van der Waals surface area (Å²) in [4.78, 5) is 24.7. The van der Waals surface area contributed by atoms with Crippen molar-refractivity contribution in [1.29, 1.82) is 5.26 Å². The first-order valence-corrected chi connectivity index (χ1v) is 9.64. The van der Waals surface area contributed by atoms with Gasteiger partial charge in [-0.1, -0.05) is 6.07 Å². The molecular weight excluding hydrogens is 389 g/mol. The van der Waals surface area contributed by atoms with Crippen molar-refractivity contribution in [3.8, 4) is 17.3 Å². The minimum atomic E-state index is -1.01. The molecule has 0 fully saturated rings. The lowest BCUT2D eigenvalue weighted by Gasteiger charge is -2.36. The third-order valence-electron chi connectivity index (χ3n) is 4.80. The van der Waals surface area contributed by atoms with Crippen LogP contribution in [0, 0.1) is 11.3 Å². The number of carbonyl (C=O) groups is 2. The fraction of sp³-hybridized carbons (Fsp3) is 0.409. The Balaban J connectivity index is 2.10. The first-order chi connectivity index (χ1) is 14.1. The summed E-state index contributed by atoms with van der Waals surface area (Å²) >= 11 is 0. The first-order valence-electron chi connectivity index (χ1n) is 9.64. The van der Waals surface area contributed by atoms with Crippen LogP contribution >= 0.6 is 0 Å². The highest BCUT2D eigenvalue weighted by Gasteiger charge is 2.38. The lowest BCUT2D eigenvalue weighted by molar-refractivity contribution is 0.0169. The Morgan fingerprint density at radius 2 is 2.07 bits per heavy atom. The number of rotatable bonds is 4. The third kappa shape index (κ3) is 4.15. The van der Waals surface area contributed by atoms with E-state index in [0.717, 1.165) is 0 Å². The Hall–Kier alpha value is -3.34. The molecule has 1 N–H and O–H groups in total. The number of nitrogens with zero attached hydrogens (tertiary/aromatic N) is 2. The van der Waals surface area contributed by atoms with E-state index in [-0.39, 0.29) is 12.1 Å². The number of hydrogen-bond acceptors (Lipinski definition) is 5. The SMILES string of the molecule is CC(C)(C)OC(=O)n1c(C#N)ccc1-c1ccc2c(c1)C(C)(CCCF)OC(=O)N2. The van der Waals surface area contributed by atoms with Gasteiger partial charge in [-0.3, -0.25) is 9.71 Å². The number of ether oxygens (including phenoxy) is 2. The highest BCUT2D eigenvalue weighted by molar-refractivity contribution is 5.90. The number of amides is 1. The molecule has 1 unspecified atom stereocenters. The van der Waals surface area contributed by atoms with Gasteiger partial charge in [0.25, 0.3) is 0 Å². The van der Waals surface area contributed by atoms with Crippen molar-refractivity contribution in [1.82, 2.24) is 4.57 Å². The van der Waals surface area contributed by atoms with Gasteiger partial charge in [-0.05, 0) is 70.4 Å². The van der Waals surface area contributed by atoms with Crippen LogP contribution in [0.25, 0.3) is 11.3 Å². The van der Waals surface area contributed by atoms with Crippen LogP contribution in [-0.2, 0) is 15.1 Å². The van der Waals surface area contributed by atoms with Crippen LogP contribution in [0.1, 0.15) is 51.8 Å². The number of cyclic esters (lactones) is 1. The molecule has 0 aliphatic carbocycles. The summed E-state index contributed by atoms with van der Waals surface area (Å²) in [6.07, 6.45) is -0.716. The maximum atomic E-state index is 12.8. The minimum absolute atomic E-state index is 0.140. The number of benzene rings is 1. The average molecular weight is 413 g/mol. The predicted molar refractivity (Wildman–Crippen MR) is 109 cm³/mol. The van der Waals surface area contributed by atoms with E-state index in [4.69, 9.17) is 9.47 Å². The van der Waals surface area contributed by atoms with Crippen LogP contribution in [0.4, 0.5) is 19.7 Å². The number of alkyl halides is 1. The number of aromatic nitrogens is 1. The van der Waals surface area contributed by atoms with E-state index in [2.05, 4.69) is 5.32 Å². The summed E-state index contributed by atoms with van der Waals surface area (Å²) in [5, 5.41) is 12.1. The molecule has 7 nitrogen and oxygen atoms in total. The van der Waals surface area contributed by atoms with Gasteiger partial charge in [-0.2, -0.15) is 5.26 Å². The molecule has 1 aromatic carbocycles. The van der Waals surface area contributed by atoms with E-state index in [9.17, 15) is 19.2 Å². The molecule has 3 rings (SSSR count). The third-order valence-corrected chi connectivity index (χ3v) is 4.80. The maximum absolute atomic E-state index is 12.8.